The van der Waals surface area contributed by atoms with Crippen LogP contribution in [0.1, 0.15) is 5.56 Å². The molecule has 162 valence electrons. The Kier molecular flexibility index (Phi) is 6.88. The Morgan fingerprint density at radius 1 is 1.03 bits per heavy atom. The molecule has 9 heteroatoms. The number of hydrazone groups is 1. The highest BCUT2D eigenvalue weighted by Gasteiger charge is 2.23. The molecule has 3 rings (SSSR count). The van der Waals surface area contributed by atoms with Crippen LogP contribution < -0.4 is 14.9 Å². The smallest absolute Gasteiger partial charge is 0.255 e. The molecule has 3 aromatic rings. The summed E-state index contributed by atoms with van der Waals surface area (Å²) in [6.45, 7) is -0.387. The standard InChI is InChI=1S/C22H23N3O5S/c1-25(31(27,28)20-10-8-16-6-4-5-7-17(16)13-20)15-22(26)24-23-14-18-12-19(29-2)9-11-21(18)30-3/h4-14H,15H2,1-3H3,(H,24,26). The van der Waals surface area contributed by atoms with E-state index in [1.165, 1.54) is 33.5 Å². The van der Waals surface area contributed by atoms with E-state index in [9.17, 15) is 13.2 Å². The first-order valence-corrected chi connectivity index (χ1v) is 10.8. The van der Waals surface area contributed by atoms with Crippen molar-refractivity contribution in [2.75, 3.05) is 27.8 Å². The molecule has 31 heavy (non-hydrogen) atoms. The molecular weight excluding hydrogens is 418 g/mol. The highest BCUT2D eigenvalue weighted by atomic mass is 32.2. The molecule has 0 radical (unpaired) electrons. The predicted octanol–water partition coefficient (Wildman–Crippen LogP) is 2.63. The molecule has 0 aliphatic carbocycles. The second-order valence-electron chi connectivity index (χ2n) is 6.67. The lowest BCUT2D eigenvalue weighted by molar-refractivity contribution is -0.121. The highest BCUT2D eigenvalue weighted by Crippen LogP contribution is 2.22. The van der Waals surface area contributed by atoms with Crippen molar-refractivity contribution in [3.63, 3.8) is 0 Å². The fourth-order valence-corrected chi connectivity index (χ4v) is 4.11. The minimum atomic E-state index is -3.84. The number of fused-ring (bicyclic) bond motifs is 1. The Balaban J connectivity index is 1.67. The second-order valence-corrected chi connectivity index (χ2v) is 8.72. The quantitative estimate of drug-likeness (QED) is 0.428. The van der Waals surface area contributed by atoms with Gasteiger partial charge in [-0.05, 0) is 41.1 Å². The molecule has 0 aliphatic heterocycles. The summed E-state index contributed by atoms with van der Waals surface area (Å²) in [6.07, 6.45) is 1.40. The van der Waals surface area contributed by atoms with E-state index < -0.39 is 15.9 Å². The van der Waals surface area contributed by atoms with Gasteiger partial charge in [0.2, 0.25) is 10.0 Å². The molecular formula is C22H23N3O5S. The predicted molar refractivity (Wildman–Crippen MR) is 119 cm³/mol. The number of rotatable bonds is 8. The first-order chi connectivity index (χ1) is 14.8. The van der Waals surface area contributed by atoms with Gasteiger partial charge in [0, 0.05) is 12.6 Å². The van der Waals surface area contributed by atoms with E-state index in [1.54, 1.807) is 30.3 Å². The zero-order valence-electron chi connectivity index (χ0n) is 17.4. The molecule has 0 saturated carbocycles. The minimum Gasteiger partial charge on any atom is -0.497 e. The number of sulfonamides is 1. The molecule has 0 fully saturated rings. The number of methoxy groups -OCH3 is 2. The van der Waals surface area contributed by atoms with E-state index in [0.717, 1.165) is 15.1 Å². The fourth-order valence-electron chi connectivity index (χ4n) is 2.94. The number of nitrogens with zero attached hydrogens (tertiary/aromatic N) is 2. The van der Waals surface area contributed by atoms with Gasteiger partial charge in [-0.3, -0.25) is 4.79 Å². The summed E-state index contributed by atoms with van der Waals surface area (Å²) >= 11 is 0. The van der Waals surface area contributed by atoms with Crippen molar-refractivity contribution in [3.8, 4) is 11.5 Å². The molecule has 0 heterocycles. The van der Waals surface area contributed by atoms with Gasteiger partial charge in [0.15, 0.2) is 0 Å². The summed E-state index contributed by atoms with van der Waals surface area (Å²) in [7, 11) is 0.564. The first-order valence-electron chi connectivity index (χ1n) is 9.34. The lowest BCUT2D eigenvalue weighted by Crippen LogP contribution is -2.36. The maximum absolute atomic E-state index is 12.8. The average Bonchev–Trinajstić information content (AvgIpc) is 2.78. The second kappa shape index (κ2) is 9.59. The number of carbonyl (C=O) groups is 1. The topological polar surface area (TPSA) is 97.3 Å². The number of carbonyl (C=O) groups excluding carboxylic acids is 1. The largest absolute Gasteiger partial charge is 0.497 e. The molecule has 0 spiro atoms. The van der Waals surface area contributed by atoms with Crippen molar-refractivity contribution < 1.29 is 22.7 Å². The van der Waals surface area contributed by atoms with E-state index in [0.29, 0.717) is 17.1 Å². The summed E-state index contributed by atoms with van der Waals surface area (Å²) in [5.74, 6) is 0.578. The van der Waals surface area contributed by atoms with Crippen LogP contribution in [0, 0.1) is 0 Å². The maximum atomic E-state index is 12.8. The van der Waals surface area contributed by atoms with Crippen LogP contribution in [-0.2, 0) is 14.8 Å². The number of ether oxygens (including phenoxy) is 2. The van der Waals surface area contributed by atoms with E-state index in [1.807, 2.05) is 24.3 Å². The summed E-state index contributed by atoms with van der Waals surface area (Å²) in [5, 5.41) is 5.63. The molecule has 0 atom stereocenters. The molecule has 0 aliphatic rings. The van der Waals surface area contributed by atoms with Crippen LogP contribution in [0.2, 0.25) is 0 Å². The van der Waals surface area contributed by atoms with Crippen molar-refractivity contribution in [3.05, 3.63) is 66.2 Å². The summed E-state index contributed by atoms with van der Waals surface area (Å²) in [5.41, 5.74) is 2.93. The monoisotopic (exact) mass is 441 g/mol. The number of amides is 1. The molecule has 0 saturated heterocycles. The van der Waals surface area contributed by atoms with E-state index >= 15 is 0 Å². The van der Waals surface area contributed by atoms with Crippen LogP contribution in [0.3, 0.4) is 0 Å². The highest BCUT2D eigenvalue weighted by molar-refractivity contribution is 7.89. The molecule has 8 nitrogen and oxygen atoms in total. The lowest BCUT2D eigenvalue weighted by Gasteiger charge is -2.16. The van der Waals surface area contributed by atoms with Gasteiger partial charge in [-0.1, -0.05) is 30.3 Å². The maximum Gasteiger partial charge on any atom is 0.255 e. The van der Waals surface area contributed by atoms with Crippen LogP contribution in [0.5, 0.6) is 11.5 Å². The number of hydrogen-bond donors (Lipinski definition) is 1. The van der Waals surface area contributed by atoms with Crippen molar-refractivity contribution >= 4 is 32.9 Å². The summed E-state index contributed by atoms with van der Waals surface area (Å²) < 4.78 is 37.1. The SMILES string of the molecule is COc1ccc(OC)c(C=NNC(=O)CN(C)S(=O)(=O)c2ccc3ccccc3c2)c1. The Hall–Kier alpha value is -3.43. The van der Waals surface area contributed by atoms with Crippen LogP contribution in [0.25, 0.3) is 10.8 Å². The fraction of sp³-hybridized carbons (Fsp3) is 0.182. The molecule has 0 unspecified atom stereocenters. The average molecular weight is 442 g/mol. The van der Waals surface area contributed by atoms with Crippen LogP contribution >= 0.6 is 0 Å². The summed E-state index contributed by atoms with van der Waals surface area (Å²) in [4.78, 5) is 12.3. The molecule has 3 aromatic carbocycles. The number of benzene rings is 3. The Morgan fingerprint density at radius 2 is 1.77 bits per heavy atom. The summed E-state index contributed by atoms with van der Waals surface area (Å²) in [6, 6.07) is 17.5. The number of likely N-dealkylation sites (N-methyl/N-ethyl adjacent to an activating group) is 1. The third-order valence-corrected chi connectivity index (χ3v) is 6.42. The first kappa shape index (κ1) is 22.3. The Morgan fingerprint density at radius 3 is 2.48 bits per heavy atom. The molecule has 0 aromatic heterocycles. The van der Waals surface area contributed by atoms with Gasteiger partial charge in [0.25, 0.3) is 5.91 Å². The lowest BCUT2D eigenvalue weighted by atomic mass is 10.1. The van der Waals surface area contributed by atoms with Gasteiger partial charge in [0.05, 0.1) is 31.9 Å². The van der Waals surface area contributed by atoms with Crippen molar-refractivity contribution in [2.45, 2.75) is 4.90 Å². The number of hydrogen-bond acceptors (Lipinski definition) is 6. The Bertz CT molecular complexity index is 1220. The van der Waals surface area contributed by atoms with Crippen LogP contribution in [-0.4, -0.2) is 52.7 Å². The number of nitrogens with one attached hydrogen (secondary N) is 1. The van der Waals surface area contributed by atoms with Gasteiger partial charge in [-0.2, -0.15) is 9.41 Å². The third-order valence-electron chi connectivity index (χ3n) is 4.63. The minimum absolute atomic E-state index is 0.117. The van der Waals surface area contributed by atoms with Crippen molar-refractivity contribution in [1.82, 2.24) is 9.73 Å². The van der Waals surface area contributed by atoms with Gasteiger partial charge < -0.3 is 9.47 Å². The van der Waals surface area contributed by atoms with E-state index in [-0.39, 0.29) is 11.4 Å². The van der Waals surface area contributed by atoms with Gasteiger partial charge >= 0.3 is 0 Å². The molecule has 1 amide bonds. The van der Waals surface area contributed by atoms with E-state index in [2.05, 4.69) is 10.5 Å². The molecule has 0 bridgehead atoms. The normalized spacial score (nSPS) is 11.7. The zero-order valence-corrected chi connectivity index (χ0v) is 18.2. The van der Waals surface area contributed by atoms with Crippen LogP contribution in [0.15, 0.2) is 70.7 Å². The van der Waals surface area contributed by atoms with Gasteiger partial charge in [-0.25, -0.2) is 13.8 Å². The Labute approximate surface area is 181 Å². The van der Waals surface area contributed by atoms with E-state index in [4.69, 9.17) is 9.47 Å². The molecule has 1 N–H and O–H groups in total. The van der Waals surface area contributed by atoms with Gasteiger partial charge in [-0.15, -0.1) is 0 Å². The third kappa shape index (κ3) is 5.19. The van der Waals surface area contributed by atoms with Crippen LogP contribution in [0.4, 0.5) is 0 Å². The van der Waals surface area contributed by atoms with Crippen molar-refractivity contribution in [1.29, 1.82) is 0 Å². The van der Waals surface area contributed by atoms with Crippen molar-refractivity contribution in [2.24, 2.45) is 5.10 Å². The van der Waals surface area contributed by atoms with Gasteiger partial charge in [0.1, 0.15) is 11.5 Å². The zero-order chi connectivity index (χ0) is 22.4.